The Kier molecular flexibility index (Phi) is 1.51. The predicted octanol–water partition coefficient (Wildman–Crippen LogP) is 3.28. The predicted molar refractivity (Wildman–Crippen MR) is 66.0 cm³/mol. The first-order chi connectivity index (χ1) is 6.77. The van der Waals surface area contributed by atoms with Gasteiger partial charge in [-0.1, -0.05) is 12.1 Å². The van der Waals surface area contributed by atoms with Gasteiger partial charge in [0.15, 0.2) is 0 Å². The molecule has 70 valence electrons. The Hall–Kier alpha value is -1.26. The van der Waals surface area contributed by atoms with Crippen molar-refractivity contribution in [3.63, 3.8) is 0 Å². The van der Waals surface area contributed by atoms with E-state index in [1.54, 1.807) is 22.7 Å². The molecule has 3 rings (SSSR count). The molecular formula is C10H8N2S2. The highest BCUT2D eigenvalue weighted by Gasteiger charge is 2.08. The van der Waals surface area contributed by atoms with E-state index in [0.717, 1.165) is 22.1 Å². The molecule has 0 atom stereocenters. The summed E-state index contributed by atoms with van der Waals surface area (Å²) in [6, 6.07) is 4.10. The normalized spacial score (nSPS) is 11.4. The van der Waals surface area contributed by atoms with Crippen LogP contribution in [0.25, 0.3) is 20.2 Å². The molecule has 0 amide bonds. The van der Waals surface area contributed by atoms with Crippen LogP contribution in [-0.2, 0) is 0 Å². The molecule has 3 aromatic rings. The SMILES string of the molecule is Nc1csc2c1ccc1c(N)csc12. The number of rotatable bonds is 0. The summed E-state index contributed by atoms with van der Waals surface area (Å²) in [6.07, 6.45) is 0. The maximum atomic E-state index is 5.86. The standard InChI is InChI=1S/C10H8N2S2/c11-7-3-13-9-5(7)1-2-6-8(12)4-14-10(6)9/h1-4H,11-12H2. The van der Waals surface area contributed by atoms with Gasteiger partial charge in [-0.2, -0.15) is 0 Å². The number of anilines is 2. The van der Waals surface area contributed by atoms with Gasteiger partial charge in [-0.25, -0.2) is 0 Å². The molecule has 0 aliphatic carbocycles. The van der Waals surface area contributed by atoms with E-state index in [2.05, 4.69) is 0 Å². The van der Waals surface area contributed by atoms with E-state index in [-0.39, 0.29) is 0 Å². The number of nitrogens with two attached hydrogens (primary N) is 2. The molecule has 4 N–H and O–H groups in total. The highest BCUT2D eigenvalue weighted by Crippen LogP contribution is 2.39. The van der Waals surface area contributed by atoms with E-state index in [4.69, 9.17) is 11.5 Å². The number of hydrogen-bond donors (Lipinski definition) is 2. The lowest BCUT2D eigenvalue weighted by Crippen LogP contribution is -1.81. The van der Waals surface area contributed by atoms with Gasteiger partial charge in [0.1, 0.15) is 0 Å². The van der Waals surface area contributed by atoms with Gasteiger partial charge in [-0.15, -0.1) is 22.7 Å². The highest BCUT2D eigenvalue weighted by atomic mass is 32.1. The summed E-state index contributed by atoms with van der Waals surface area (Å²) in [5.74, 6) is 0. The molecule has 2 heterocycles. The molecular weight excluding hydrogens is 212 g/mol. The fourth-order valence-corrected chi connectivity index (χ4v) is 3.72. The topological polar surface area (TPSA) is 52.0 Å². The number of fused-ring (bicyclic) bond motifs is 3. The van der Waals surface area contributed by atoms with E-state index in [0.29, 0.717) is 0 Å². The van der Waals surface area contributed by atoms with E-state index < -0.39 is 0 Å². The lowest BCUT2D eigenvalue weighted by molar-refractivity contribution is 1.89. The molecule has 0 saturated heterocycles. The van der Waals surface area contributed by atoms with Crippen LogP contribution in [-0.4, -0.2) is 0 Å². The van der Waals surface area contributed by atoms with Crippen molar-refractivity contribution in [3.8, 4) is 0 Å². The molecule has 0 bridgehead atoms. The Bertz CT molecular complexity index is 566. The molecule has 4 heteroatoms. The molecule has 0 unspecified atom stereocenters. The van der Waals surface area contributed by atoms with Gasteiger partial charge < -0.3 is 11.5 Å². The minimum absolute atomic E-state index is 0.860. The van der Waals surface area contributed by atoms with Crippen LogP contribution in [0.2, 0.25) is 0 Å². The zero-order chi connectivity index (χ0) is 9.71. The average Bonchev–Trinajstić information content (AvgIpc) is 2.72. The minimum atomic E-state index is 0.860. The highest BCUT2D eigenvalue weighted by molar-refractivity contribution is 7.26. The van der Waals surface area contributed by atoms with Gasteiger partial charge in [0.05, 0.1) is 20.8 Å². The Labute approximate surface area is 88.8 Å². The first kappa shape index (κ1) is 8.08. The molecule has 0 aliphatic rings. The lowest BCUT2D eigenvalue weighted by atomic mass is 10.2. The second-order valence-corrected chi connectivity index (χ2v) is 4.96. The van der Waals surface area contributed by atoms with Crippen LogP contribution in [0.5, 0.6) is 0 Å². The maximum absolute atomic E-state index is 5.86. The first-order valence-electron chi connectivity index (χ1n) is 4.20. The van der Waals surface area contributed by atoms with Gasteiger partial charge in [-0.05, 0) is 0 Å². The van der Waals surface area contributed by atoms with Gasteiger partial charge in [0.2, 0.25) is 0 Å². The summed E-state index contributed by atoms with van der Waals surface area (Å²) < 4.78 is 2.50. The van der Waals surface area contributed by atoms with Crippen molar-refractivity contribution in [2.45, 2.75) is 0 Å². The monoisotopic (exact) mass is 220 g/mol. The zero-order valence-corrected chi connectivity index (χ0v) is 8.91. The molecule has 1 aromatic carbocycles. The van der Waals surface area contributed by atoms with Crippen LogP contribution < -0.4 is 11.5 Å². The molecule has 0 saturated carbocycles. The second kappa shape index (κ2) is 2.62. The maximum Gasteiger partial charge on any atom is 0.0543 e. The average molecular weight is 220 g/mol. The summed E-state index contributed by atoms with van der Waals surface area (Å²) in [5.41, 5.74) is 13.4. The van der Waals surface area contributed by atoms with Crippen LogP contribution in [0.3, 0.4) is 0 Å². The van der Waals surface area contributed by atoms with E-state index in [1.807, 2.05) is 22.9 Å². The molecule has 0 spiro atoms. The molecule has 0 fully saturated rings. The quantitative estimate of drug-likeness (QED) is 0.611. The molecule has 0 aliphatic heterocycles. The molecule has 2 aromatic heterocycles. The van der Waals surface area contributed by atoms with Gasteiger partial charge in [0, 0.05) is 21.5 Å². The van der Waals surface area contributed by atoms with E-state index >= 15 is 0 Å². The van der Waals surface area contributed by atoms with Crippen LogP contribution in [0, 0.1) is 0 Å². The van der Waals surface area contributed by atoms with Gasteiger partial charge in [0.25, 0.3) is 0 Å². The Morgan fingerprint density at radius 1 is 0.786 bits per heavy atom. The molecule has 0 radical (unpaired) electrons. The van der Waals surface area contributed by atoms with Crippen molar-refractivity contribution >= 4 is 54.2 Å². The first-order valence-corrected chi connectivity index (χ1v) is 5.95. The summed E-state index contributed by atoms with van der Waals surface area (Å²) >= 11 is 3.37. The lowest BCUT2D eigenvalue weighted by Gasteiger charge is -1.94. The van der Waals surface area contributed by atoms with Crippen molar-refractivity contribution in [1.82, 2.24) is 0 Å². The third-order valence-electron chi connectivity index (χ3n) is 2.34. The third-order valence-corrected chi connectivity index (χ3v) is 4.53. The summed E-state index contributed by atoms with van der Waals surface area (Å²) in [7, 11) is 0. The fourth-order valence-electron chi connectivity index (χ4n) is 1.62. The van der Waals surface area contributed by atoms with Crippen molar-refractivity contribution < 1.29 is 0 Å². The summed E-state index contributed by atoms with van der Waals surface area (Å²) in [6.45, 7) is 0. The third kappa shape index (κ3) is 0.895. The van der Waals surface area contributed by atoms with E-state index in [1.165, 1.54) is 9.40 Å². The molecule has 14 heavy (non-hydrogen) atoms. The summed E-state index contributed by atoms with van der Waals surface area (Å²) in [4.78, 5) is 0. The van der Waals surface area contributed by atoms with E-state index in [9.17, 15) is 0 Å². The van der Waals surface area contributed by atoms with Gasteiger partial charge in [-0.3, -0.25) is 0 Å². The minimum Gasteiger partial charge on any atom is -0.398 e. The number of thiophene rings is 2. The van der Waals surface area contributed by atoms with Crippen LogP contribution in [0.15, 0.2) is 22.9 Å². The number of nitrogen functional groups attached to an aromatic ring is 2. The van der Waals surface area contributed by atoms with Crippen LogP contribution >= 0.6 is 22.7 Å². The summed E-state index contributed by atoms with van der Waals surface area (Å²) in [5, 5.41) is 6.26. The largest absolute Gasteiger partial charge is 0.398 e. The number of hydrogen-bond acceptors (Lipinski definition) is 4. The van der Waals surface area contributed by atoms with Crippen LogP contribution in [0.1, 0.15) is 0 Å². The van der Waals surface area contributed by atoms with Crippen molar-refractivity contribution in [1.29, 1.82) is 0 Å². The number of benzene rings is 1. The van der Waals surface area contributed by atoms with Crippen LogP contribution in [0.4, 0.5) is 11.4 Å². The van der Waals surface area contributed by atoms with Crippen molar-refractivity contribution in [2.75, 3.05) is 11.5 Å². The Morgan fingerprint density at radius 2 is 1.21 bits per heavy atom. The fraction of sp³-hybridized carbons (Fsp3) is 0. The Balaban J connectivity index is 2.62. The van der Waals surface area contributed by atoms with Crippen molar-refractivity contribution in [2.24, 2.45) is 0 Å². The second-order valence-electron chi connectivity index (χ2n) is 3.20. The van der Waals surface area contributed by atoms with Gasteiger partial charge >= 0.3 is 0 Å². The zero-order valence-electron chi connectivity index (χ0n) is 7.28. The Morgan fingerprint density at radius 3 is 1.64 bits per heavy atom. The smallest absolute Gasteiger partial charge is 0.0543 e. The van der Waals surface area contributed by atoms with Crippen molar-refractivity contribution in [3.05, 3.63) is 22.9 Å². The molecule has 2 nitrogen and oxygen atoms in total.